The summed E-state index contributed by atoms with van der Waals surface area (Å²) in [5, 5.41) is 0. The molecule has 0 amide bonds. The highest BCUT2D eigenvalue weighted by molar-refractivity contribution is 8.09. The number of benzene rings is 2. The second kappa shape index (κ2) is 7.51. The molecule has 0 saturated carbocycles. The highest BCUT2D eigenvalue weighted by atomic mass is 32.2. The van der Waals surface area contributed by atoms with Gasteiger partial charge in [0, 0.05) is 11.2 Å². The van der Waals surface area contributed by atoms with Gasteiger partial charge in [0.05, 0.1) is 0 Å². The smallest absolute Gasteiger partial charge is 0.200 e. The molecule has 0 unspecified atom stereocenters. The molecule has 0 N–H and O–H groups in total. The Morgan fingerprint density at radius 2 is 0.643 bits per heavy atom. The number of hydrogen-bond acceptors (Lipinski definition) is 1. The fourth-order valence-electron chi connectivity index (χ4n) is 2.03. The van der Waals surface area contributed by atoms with Gasteiger partial charge in [-0.25, -0.2) is 43.9 Å². The van der Waals surface area contributed by atoms with Crippen molar-refractivity contribution >= 4 is 21.0 Å². The Kier molecular flexibility index (Phi) is 5.85. The SMILES string of the molecule is C=C(c1c(F)c(F)c(F)c(F)c1F)[S+]([O-])C(=C)c1c(F)c(F)c(F)c(F)c1F. The highest BCUT2D eigenvalue weighted by Crippen LogP contribution is 2.38. The normalized spacial score (nSPS) is 11.3. The number of halogens is 10. The second-order valence-corrected chi connectivity index (χ2v) is 6.53. The van der Waals surface area contributed by atoms with Crippen molar-refractivity contribution in [2.75, 3.05) is 0 Å². The van der Waals surface area contributed by atoms with Crippen LogP contribution in [0, 0.1) is 58.2 Å². The molecular weight excluding hydrogens is 430 g/mol. The van der Waals surface area contributed by atoms with Gasteiger partial charge in [0.1, 0.15) is 11.1 Å². The van der Waals surface area contributed by atoms with Crippen molar-refractivity contribution in [3.8, 4) is 0 Å². The molecule has 0 spiro atoms. The second-order valence-electron chi connectivity index (χ2n) is 5.00. The molecule has 0 saturated heterocycles. The summed E-state index contributed by atoms with van der Waals surface area (Å²) in [5.41, 5.74) is -3.61. The molecule has 2 rings (SSSR count). The van der Waals surface area contributed by atoms with Crippen molar-refractivity contribution in [2.24, 2.45) is 0 Å². The third kappa shape index (κ3) is 3.15. The maximum Gasteiger partial charge on any atom is 0.200 e. The molecule has 0 aliphatic carbocycles. The molecule has 28 heavy (non-hydrogen) atoms. The van der Waals surface area contributed by atoms with E-state index >= 15 is 0 Å². The van der Waals surface area contributed by atoms with E-state index in [2.05, 4.69) is 13.2 Å². The lowest BCUT2D eigenvalue weighted by atomic mass is 10.1. The molecule has 2 aromatic carbocycles. The molecule has 0 heterocycles. The van der Waals surface area contributed by atoms with Crippen molar-refractivity contribution in [1.29, 1.82) is 0 Å². The van der Waals surface area contributed by atoms with Crippen LogP contribution < -0.4 is 0 Å². The quantitative estimate of drug-likeness (QED) is 0.271. The lowest BCUT2D eigenvalue weighted by molar-refractivity contribution is 0.376. The first-order chi connectivity index (χ1) is 12.8. The van der Waals surface area contributed by atoms with Gasteiger partial charge in [0.15, 0.2) is 56.3 Å². The van der Waals surface area contributed by atoms with Gasteiger partial charge >= 0.3 is 0 Å². The summed E-state index contributed by atoms with van der Waals surface area (Å²) in [4.78, 5) is -2.83. The van der Waals surface area contributed by atoms with Crippen LogP contribution in [0.25, 0.3) is 9.81 Å². The predicted octanol–water partition coefficient (Wildman–Crippen LogP) is 5.47. The van der Waals surface area contributed by atoms with Crippen LogP contribution in [0.2, 0.25) is 0 Å². The Bertz CT molecular complexity index is 894. The van der Waals surface area contributed by atoms with Crippen LogP contribution in [0.5, 0.6) is 0 Å². The minimum atomic E-state index is -3.26. The molecule has 0 aliphatic rings. The van der Waals surface area contributed by atoms with Crippen LogP contribution in [0.3, 0.4) is 0 Å². The maximum absolute atomic E-state index is 13.8. The third-order valence-corrected chi connectivity index (χ3v) is 4.73. The van der Waals surface area contributed by atoms with E-state index in [-0.39, 0.29) is 0 Å². The molecule has 0 fully saturated rings. The molecule has 0 atom stereocenters. The molecule has 150 valence electrons. The van der Waals surface area contributed by atoms with Crippen LogP contribution in [0.1, 0.15) is 11.1 Å². The van der Waals surface area contributed by atoms with Gasteiger partial charge in [-0.1, -0.05) is 0 Å². The van der Waals surface area contributed by atoms with Gasteiger partial charge in [0.25, 0.3) is 0 Å². The fourth-order valence-corrected chi connectivity index (χ4v) is 3.06. The van der Waals surface area contributed by atoms with Crippen LogP contribution >= 0.6 is 0 Å². The topological polar surface area (TPSA) is 23.1 Å². The first-order valence-corrected chi connectivity index (χ1v) is 7.82. The molecule has 1 nitrogen and oxygen atoms in total. The monoisotopic (exact) mass is 434 g/mol. The molecule has 2 aromatic rings. The lowest BCUT2D eigenvalue weighted by Crippen LogP contribution is -2.15. The Labute approximate surface area is 152 Å². The fraction of sp³-hybridized carbons (Fsp3) is 0. The maximum atomic E-state index is 13.8. The van der Waals surface area contributed by atoms with Gasteiger partial charge in [-0.05, 0) is 13.2 Å². The van der Waals surface area contributed by atoms with Crippen molar-refractivity contribution < 1.29 is 48.5 Å². The van der Waals surface area contributed by atoms with Crippen LogP contribution in [0.4, 0.5) is 43.9 Å². The minimum absolute atomic E-state index is 1.42. The summed E-state index contributed by atoms with van der Waals surface area (Å²) < 4.78 is 146. The first-order valence-electron chi connectivity index (χ1n) is 6.67. The highest BCUT2D eigenvalue weighted by Gasteiger charge is 2.37. The summed E-state index contributed by atoms with van der Waals surface area (Å²) in [6, 6.07) is 0. The summed E-state index contributed by atoms with van der Waals surface area (Å²) in [7, 11) is 0. The largest absolute Gasteiger partial charge is 0.606 e. The van der Waals surface area contributed by atoms with Crippen LogP contribution in [-0.2, 0) is 11.2 Å². The number of rotatable bonds is 4. The molecule has 0 aromatic heterocycles. The standard InChI is InChI=1S/C16H4F10OS/c1-3(5-7(17)11(21)15(25)12(22)8(5)18)28(27)4(2)6-9(19)13(23)16(26)14(24)10(6)20/h1-2H2. The summed E-state index contributed by atoms with van der Waals surface area (Å²) in [6.07, 6.45) is 0. The Hall–Kier alpha value is -2.47. The first kappa shape index (κ1) is 21.8. The van der Waals surface area contributed by atoms with Crippen molar-refractivity contribution in [2.45, 2.75) is 0 Å². The molecule has 12 heteroatoms. The summed E-state index contributed by atoms with van der Waals surface area (Å²) in [6.45, 7) is 5.65. The average molecular weight is 434 g/mol. The molecule has 0 aliphatic heterocycles. The van der Waals surface area contributed by atoms with E-state index in [0.717, 1.165) is 0 Å². The van der Waals surface area contributed by atoms with Crippen molar-refractivity contribution in [3.05, 3.63) is 82.5 Å². The van der Waals surface area contributed by atoms with E-state index in [0.29, 0.717) is 0 Å². The van der Waals surface area contributed by atoms with Gasteiger partial charge in [0.2, 0.25) is 11.6 Å². The van der Waals surface area contributed by atoms with Gasteiger partial charge in [-0.15, -0.1) is 0 Å². The van der Waals surface area contributed by atoms with E-state index in [1.54, 1.807) is 0 Å². The minimum Gasteiger partial charge on any atom is -0.606 e. The third-order valence-electron chi connectivity index (χ3n) is 3.42. The van der Waals surface area contributed by atoms with Crippen LogP contribution in [-0.4, -0.2) is 4.55 Å². The Morgan fingerprint density at radius 3 is 0.857 bits per heavy atom. The summed E-state index contributed by atoms with van der Waals surface area (Å²) >= 11 is -3.26. The predicted molar refractivity (Wildman–Crippen MR) is 78.7 cm³/mol. The Balaban J connectivity index is 2.62. The van der Waals surface area contributed by atoms with E-state index in [1.165, 1.54) is 0 Å². The lowest BCUT2D eigenvalue weighted by Gasteiger charge is -2.17. The molecule has 0 bridgehead atoms. The number of hydrogen-bond donors (Lipinski definition) is 0. The Morgan fingerprint density at radius 1 is 0.464 bits per heavy atom. The zero-order valence-corrected chi connectivity index (χ0v) is 13.8. The van der Waals surface area contributed by atoms with Gasteiger partial charge in [-0.2, -0.15) is 0 Å². The van der Waals surface area contributed by atoms with E-state index in [4.69, 9.17) is 0 Å². The van der Waals surface area contributed by atoms with Crippen molar-refractivity contribution in [1.82, 2.24) is 0 Å². The average Bonchev–Trinajstić information content (AvgIpc) is 2.67. The summed E-state index contributed by atoms with van der Waals surface area (Å²) in [5.74, 6) is -24.7. The zero-order valence-electron chi connectivity index (χ0n) is 13.0. The van der Waals surface area contributed by atoms with E-state index in [9.17, 15) is 48.5 Å². The van der Waals surface area contributed by atoms with Gasteiger partial charge < -0.3 is 4.55 Å². The molecule has 0 radical (unpaired) electrons. The van der Waals surface area contributed by atoms with Crippen LogP contribution in [0.15, 0.2) is 13.2 Å². The zero-order chi connectivity index (χ0) is 21.7. The van der Waals surface area contributed by atoms with E-state index in [1.807, 2.05) is 0 Å². The van der Waals surface area contributed by atoms with E-state index < -0.39 is 90.3 Å². The van der Waals surface area contributed by atoms with Crippen molar-refractivity contribution in [3.63, 3.8) is 0 Å². The van der Waals surface area contributed by atoms with Gasteiger partial charge in [-0.3, -0.25) is 0 Å². The molecular formula is C16H4F10OS.